The van der Waals surface area contributed by atoms with E-state index in [4.69, 9.17) is 19.8 Å². The number of amides is 1. The van der Waals surface area contributed by atoms with E-state index in [0.717, 1.165) is 6.42 Å². The number of carbonyl (C=O) groups excluding carboxylic acids is 1. The van der Waals surface area contributed by atoms with Gasteiger partial charge in [-0.1, -0.05) is 13.3 Å². The number of ether oxygens (including phenoxy) is 2. The third kappa shape index (κ3) is 5.87. The van der Waals surface area contributed by atoms with Crippen molar-refractivity contribution in [1.82, 2.24) is 5.32 Å². The van der Waals surface area contributed by atoms with Crippen LogP contribution in [-0.4, -0.2) is 37.2 Å². The van der Waals surface area contributed by atoms with Gasteiger partial charge in [0.15, 0.2) is 18.1 Å². The van der Waals surface area contributed by atoms with Crippen molar-refractivity contribution in [1.29, 1.82) is 5.26 Å². The number of aliphatic carboxylic acids is 1. The van der Waals surface area contributed by atoms with Crippen molar-refractivity contribution in [2.45, 2.75) is 19.8 Å². The Hall–Kier alpha value is -2.75. The second-order valence-electron chi connectivity index (χ2n) is 4.89. The lowest BCUT2D eigenvalue weighted by atomic mass is 10.0. The van der Waals surface area contributed by atoms with Gasteiger partial charge in [0.2, 0.25) is 0 Å². The summed E-state index contributed by atoms with van der Waals surface area (Å²) < 4.78 is 10.4. The molecular formula is C16H20N2O5. The first-order valence-electron chi connectivity index (χ1n) is 7.22. The summed E-state index contributed by atoms with van der Waals surface area (Å²) in [6, 6.07) is 6.58. The molecule has 1 aromatic carbocycles. The monoisotopic (exact) mass is 320 g/mol. The molecule has 0 heterocycles. The Balaban J connectivity index is 2.53. The summed E-state index contributed by atoms with van der Waals surface area (Å²) in [5.41, 5.74) is 0.419. The molecule has 124 valence electrons. The summed E-state index contributed by atoms with van der Waals surface area (Å²) >= 11 is 0. The molecule has 1 rings (SSSR count). The first-order chi connectivity index (χ1) is 11.0. The molecule has 2 N–H and O–H groups in total. The molecule has 1 atom stereocenters. The van der Waals surface area contributed by atoms with Gasteiger partial charge in [-0.2, -0.15) is 5.26 Å². The van der Waals surface area contributed by atoms with E-state index in [1.807, 2.05) is 13.0 Å². The molecule has 7 heteroatoms. The number of nitriles is 1. The largest absolute Gasteiger partial charge is 0.493 e. The minimum absolute atomic E-state index is 0.0653. The third-order valence-electron chi connectivity index (χ3n) is 3.18. The van der Waals surface area contributed by atoms with Crippen LogP contribution in [0.25, 0.3) is 0 Å². The molecule has 0 saturated heterocycles. The maximum Gasteiger partial charge on any atom is 0.308 e. The second kappa shape index (κ2) is 9.30. The van der Waals surface area contributed by atoms with E-state index in [1.165, 1.54) is 13.2 Å². The van der Waals surface area contributed by atoms with Crippen LogP contribution in [0, 0.1) is 17.2 Å². The molecule has 0 fully saturated rings. The highest BCUT2D eigenvalue weighted by Gasteiger charge is 2.17. The Kier molecular flexibility index (Phi) is 7.40. The Bertz CT molecular complexity index is 595. The number of nitrogens with one attached hydrogen (secondary N) is 1. The summed E-state index contributed by atoms with van der Waals surface area (Å²) in [6.45, 7) is 1.69. The van der Waals surface area contributed by atoms with Gasteiger partial charge in [-0.3, -0.25) is 9.59 Å². The van der Waals surface area contributed by atoms with Crippen LogP contribution in [-0.2, 0) is 9.59 Å². The van der Waals surface area contributed by atoms with Gasteiger partial charge in [-0.15, -0.1) is 0 Å². The lowest BCUT2D eigenvalue weighted by Crippen LogP contribution is -2.35. The number of methoxy groups -OCH3 is 1. The summed E-state index contributed by atoms with van der Waals surface area (Å²) in [4.78, 5) is 22.7. The van der Waals surface area contributed by atoms with Crippen molar-refractivity contribution < 1.29 is 24.2 Å². The lowest BCUT2D eigenvalue weighted by Gasteiger charge is -2.13. The quantitative estimate of drug-likeness (QED) is 0.715. The van der Waals surface area contributed by atoms with Gasteiger partial charge in [-0.25, -0.2) is 0 Å². The van der Waals surface area contributed by atoms with Crippen molar-refractivity contribution in [3.8, 4) is 17.6 Å². The molecule has 0 aliphatic carbocycles. The highest BCUT2D eigenvalue weighted by atomic mass is 16.5. The summed E-state index contributed by atoms with van der Waals surface area (Å²) in [6.07, 6.45) is 1.23. The normalized spacial score (nSPS) is 11.2. The first kappa shape index (κ1) is 18.3. The Morgan fingerprint density at radius 3 is 2.70 bits per heavy atom. The number of benzene rings is 1. The maximum absolute atomic E-state index is 11.7. The van der Waals surface area contributed by atoms with E-state index in [1.54, 1.807) is 12.1 Å². The fraction of sp³-hybridized carbons (Fsp3) is 0.438. The molecule has 0 radical (unpaired) electrons. The van der Waals surface area contributed by atoms with Crippen molar-refractivity contribution in [2.24, 2.45) is 5.92 Å². The molecule has 1 unspecified atom stereocenters. The zero-order chi connectivity index (χ0) is 17.2. The third-order valence-corrected chi connectivity index (χ3v) is 3.18. The molecule has 0 aromatic heterocycles. The number of carboxylic acids is 1. The number of carboxylic acid groups (broad SMARTS) is 1. The Morgan fingerprint density at radius 2 is 2.13 bits per heavy atom. The Morgan fingerprint density at radius 1 is 1.39 bits per heavy atom. The van der Waals surface area contributed by atoms with E-state index in [2.05, 4.69) is 5.32 Å². The molecule has 0 spiro atoms. The molecule has 23 heavy (non-hydrogen) atoms. The van der Waals surface area contributed by atoms with Gasteiger partial charge in [0.25, 0.3) is 5.91 Å². The standard InChI is InChI=1S/C16H20N2O5/c1-3-4-12(16(20)21)9-18-15(19)10-23-13-6-5-11(8-17)7-14(13)22-2/h5-7,12H,3-4,9-10H2,1-2H3,(H,18,19)(H,20,21). The topological polar surface area (TPSA) is 109 Å². The molecule has 7 nitrogen and oxygen atoms in total. The molecule has 0 aliphatic heterocycles. The van der Waals surface area contributed by atoms with Crippen LogP contribution < -0.4 is 14.8 Å². The molecule has 1 amide bonds. The second-order valence-corrected chi connectivity index (χ2v) is 4.89. The van der Waals surface area contributed by atoms with Gasteiger partial charge in [0.1, 0.15) is 0 Å². The highest BCUT2D eigenvalue weighted by Crippen LogP contribution is 2.27. The van der Waals surface area contributed by atoms with Crippen molar-refractivity contribution in [2.75, 3.05) is 20.3 Å². The minimum Gasteiger partial charge on any atom is -0.493 e. The summed E-state index contributed by atoms with van der Waals surface area (Å²) in [5.74, 6) is -1.26. The van der Waals surface area contributed by atoms with Crippen LogP contribution in [0.4, 0.5) is 0 Å². The van der Waals surface area contributed by atoms with E-state index >= 15 is 0 Å². The average molecular weight is 320 g/mol. The van der Waals surface area contributed by atoms with E-state index in [9.17, 15) is 9.59 Å². The maximum atomic E-state index is 11.7. The molecule has 0 bridgehead atoms. The predicted octanol–water partition coefficient (Wildman–Crippen LogP) is 1.56. The fourth-order valence-corrected chi connectivity index (χ4v) is 1.95. The minimum atomic E-state index is -0.929. The Labute approximate surface area is 134 Å². The van der Waals surface area contributed by atoms with Crippen LogP contribution in [0.15, 0.2) is 18.2 Å². The van der Waals surface area contributed by atoms with Gasteiger partial charge in [0, 0.05) is 12.6 Å². The van der Waals surface area contributed by atoms with Crippen molar-refractivity contribution >= 4 is 11.9 Å². The van der Waals surface area contributed by atoms with Crippen molar-refractivity contribution in [3.05, 3.63) is 23.8 Å². The summed E-state index contributed by atoms with van der Waals surface area (Å²) in [7, 11) is 1.44. The van der Waals surface area contributed by atoms with Crippen molar-refractivity contribution in [3.63, 3.8) is 0 Å². The number of carbonyl (C=O) groups is 2. The van der Waals surface area contributed by atoms with Crippen LogP contribution >= 0.6 is 0 Å². The van der Waals surface area contributed by atoms with E-state index < -0.39 is 17.8 Å². The van der Waals surface area contributed by atoms with Gasteiger partial charge < -0.3 is 19.9 Å². The number of rotatable bonds is 9. The zero-order valence-electron chi connectivity index (χ0n) is 13.2. The molecule has 0 aliphatic rings. The number of hydrogen-bond donors (Lipinski definition) is 2. The van der Waals surface area contributed by atoms with Crippen LogP contribution in [0.2, 0.25) is 0 Å². The highest BCUT2D eigenvalue weighted by molar-refractivity contribution is 5.78. The summed E-state index contributed by atoms with van der Waals surface area (Å²) in [5, 5.41) is 20.4. The van der Waals surface area contributed by atoms with Crippen LogP contribution in [0.5, 0.6) is 11.5 Å². The molecule has 0 saturated carbocycles. The fourth-order valence-electron chi connectivity index (χ4n) is 1.95. The SMILES string of the molecule is CCCC(CNC(=O)COc1ccc(C#N)cc1OC)C(=O)O. The van der Waals surface area contributed by atoms with Gasteiger partial charge in [-0.05, 0) is 18.6 Å². The molecular weight excluding hydrogens is 300 g/mol. The van der Waals surface area contributed by atoms with E-state index in [0.29, 0.717) is 23.5 Å². The lowest BCUT2D eigenvalue weighted by molar-refractivity contribution is -0.142. The zero-order valence-corrected chi connectivity index (χ0v) is 13.2. The van der Waals surface area contributed by atoms with Crippen LogP contribution in [0.1, 0.15) is 25.3 Å². The number of hydrogen-bond acceptors (Lipinski definition) is 5. The van der Waals surface area contributed by atoms with E-state index in [-0.39, 0.29) is 13.2 Å². The van der Waals surface area contributed by atoms with Crippen LogP contribution in [0.3, 0.4) is 0 Å². The van der Waals surface area contributed by atoms with Gasteiger partial charge in [0.05, 0.1) is 24.7 Å². The number of nitrogens with zero attached hydrogens (tertiary/aromatic N) is 1. The molecule has 1 aromatic rings. The van der Waals surface area contributed by atoms with Gasteiger partial charge >= 0.3 is 5.97 Å². The predicted molar refractivity (Wildman–Crippen MR) is 82.2 cm³/mol. The first-order valence-corrected chi connectivity index (χ1v) is 7.22. The average Bonchev–Trinajstić information content (AvgIpc) is 2.56. The smallest absolute Gasteiger partial charge is 0.308 e.